The van der Waals surface area contributed by atoms with Crippen LogP contribution in [0, 0.1) is 5.92 Å². The Labute approximate surface area is 82.3 Å². The number of aliphatic hydroxyl groups is 1. The molecule has 0 aromatic rings. The van der Waals surface area contributed by atoms with Crippen molar-refractivity contribution in [3.63, 3.8) is 0 Å². The van der Waals surface area contributed by atoms with Crippen molar-refractivity contribution in [1.82, 2.24) is 0 Å². The molecule has 74 valence electrons. The molecule has 1 N–H and O–H groups in total. The van der Waals surface area contributed by atoms with E-state index >= 15 is 0 Å². The molecular weight excluding hydrogens is 180 g/mol. The molecule has 2 atom stereocenters. The van der Waals surface area contributed by atoms with Gasteiger partial charge in [0.1, 0.15) is 17.6 Å². The SMILES string of the molecule is OC1=CC2CCC3OCOC3=C2C=C1. The van der Waals surface area contributed by atoms with Crippen molar-refractivity contribution < 1.29 is 14.6 Å². The Morgan fingerprint density at radius 1 is 1.29 bits per heavy atom. The van der Waals surface area contributed by atoms with E-state index in [1.165, 1.54) is 5.57 Å². The third-order valence-corrected chi connectivity index (χ3v) is 3.01. The molecule has 1 fully saturated rings. The fourth-order valence-electron chi connectivity index (χ4n) is 2.32. The summed E-state index contributed by atoms with van der Waals surface area (Å²) < 4.78 is 10.9. The number of ether oxygens (including phenoxy) is 2. The first kappa shape index (κ1) is 8.12. The average molecular weight is 192 g/mol. The monoisotopic (exact) mass is 192 g/mol. The lowest BCUT2D eigenvalue weighted by molar-refractivity contribution is 0.0467. The van der Waals surface area contributed by atoms with Gasteiger partial charge in [0, 0.05) is 5.92 Å². The van der Waals surface area contributed by atoms with Gasteiger partial charge < -0.3 is 14.6 Å². The Morgan fingerprint density at radius 3 is 3.14 bits per heavy atom. The molecule has 0 bridgehead atoms. The Morgan fingerprint density at radius 2 is 2.21 bits per heavy atom. The van der Waals surface area contributed by atoms with E-state index in [4.69, 9.17) is 9.47 Å². The third-order valence-electron chi connectivity index (χ3n) is 3.01. The molecule has 1 heterocycles. The second-order valence-corrected chi connectivity index (χ2v) is 3.85. The fraction of sp³-hybridized carbons (Fsp3) is 0.455. The van der Waals surface area contributed by atoms with Crippen LogP contribution in [0.5, 0.6) is 0 Å². The molecule has 0 amide bonds. The van der Waals surface area contributed by atoms with E-state index in [1.54, 1.807) is 6.08 Å². The molecule has 3 nitrogen and oxygen atoms in total. The van der Waals surface area contributed by atoms with Crippen LogP contribution in [0.4, 0.5) is 0 Å². The Hall–Kier alpha value is -1.22. The van der Waals surface area contributed by atoms with Crippen molar-refractivity contribution in [2.75, 3.05) is 6.79 Å². The van der Waals surface area contributed by atoms with Gasteiger partial charge in [0.2, 0.25) is 0 Å². The summed E-state index contributed by atoms with van der Waals surface area (Å²) >= 11 is 0. The van der Waals surface area contributed by atoms with Crippen LogP contribution in [0.3, 0.4) is 0 Å². The average Bonchev–Trinajstić information content (AvgIpc) is 2.65. The van der Waals surface area contributed by atoms with Crippen LogP contribution in [0.2, 0.25) is 0 Å². The smallest absolute Gasteiger partial charge is 0.189 e. The maximum atomic E-state index is 9.37. The van der Waals surface area contributed by atoms with Gasteiger partial charge in [-0.15, -0.1) is 0 Å². The van der Waals surface area contributed by atoms with E-state index in [9.17, 15) is 5.11 Å². The number of allylic oxidation sites excluding steroid dienone is 4. The highest BCUT2D eigenvalue weighted by molar-refractivity contribution is 5.40. The molecule has 3 heteroatoms. The largest absolute Gasteiger partial charge is 0.508 e. The van der Waals surface area contributed by atoms with Crippen LogP contribution < -0.4 is 0 Å². The Balaban J connectivity index is 2.03. The fourth-order valence-corrected chi connectivity index (χ4v) is 2.32. The van der Waals surface area contributed by atoms with Gasteiger partial charge in [0.25, 0.3) is 0 Å². The van der Waals surface area contributed by atoms with E-state index in [0.29, 0.717) is 18.5 Å². The lowest BCUT2D eigenvalue weighted by atomic mass is 9.82. The van der Waals surface area contributed by atoms with Gasteiger partial charge >= 0.3 is 0 Å². The molecule has 0 spiro atoms. The van der Waals surface area contributed by atoms with Crippen LogP contribution in [0.1, 0.15) is 12.8 Å². The highest BCUT2D eigenvalue weighted by Crippen LogP contribution is 2.39. The first-order valence-electron chi connectivity index (χ1n) is 4.92. The van der Waals surface area contributed by atoms with Crippen molar-refractivity contribution >= 4 is 0 Å². The van der Waals surface area contributed by atoms with Crippen LogP contribution in [0.15, 0.2) is 35.3 Å². The summed E-state index contributed by atoms with van der Waals surface area (Å²) in [6.07, 6.45) is 7.71. The molecule has 0 saturated carbocycles. The number of hydrogen-bond acceptors (Lipinski definition) is 3. The number of rotatable bonds is 0. The molecule has 1 saturated heterocycles. The topological polar surface area (TPSA) is 38.7 Å². The Bertz CT molecular complexity index is 352. The molecule has 14 heavy (non-hydrogen) atoms. The molecule has 3 rings (SSSR count). The second-order valence-electron chi connectivity index (χ2n) is 3.85. The summed E-state index contributed by atoms with van der Waals surface area (Å²) in [6, 6.07) is 0. The third kappa shape index (κ3) is 1.09. The minimum Gasteiger partial charge on any atom is -0.508 e. The van der Waals surface area contributed by atoms with E-state index in [2.05, 4.69) is 0 Å². The first-order valence-corrected chi connectivity index (χ1v) is 4.92. The molecule has 0 aromatic carbocycles. The van der Waals surface area contributed by atoms with Crippen molar-refractivity contribution in [3.8, 4) is 0 Å². The molecule has 2 aliphatic carbocycles. The van der Waals surface area contributed by atoms with Gasteiger partial charge in [0.15, 0.2) is 6.79 Å². The van der Waals surface area contributed by atoms with Gasteiger partial charge in [-0.25, -0.2) is 0 Å². The summed E-state index contributed by atoms with van der Waals surface area (Å²) in [6.45, 7) is 0.375. The summed E-state index contributed by atoms with van der Waals surface area (Å²) in [7, 11) is 0. The summed E-state index contributed by atoms with van der Waals surface area (Å²) in [4.78, 5) is 0. The highest BCUT2D eigenvalue weighted by atomic mass is 16.7. The van der Waals surface area contributed by atoms with Crippen LogP contribution in [-0.2, 0) is 9.47 Å². The minimum absolute atomic E-state index is 0.152. The van der Waals surface area contributed by atoms with Crippen molar-refractivity contribution in [1.29, 1.82) is 0 Å². The maximum Gasteiger partial charge on any atom is 0.189 e. The second kappa shape index (κ2) is 2.89. The first-order chi connectivity index (χ1) is 6.84. The van der Waals surface area contributed by atoms with Crippen LogP contribution in [-0.4, -0.2) is 18.0 Å². The zero-order valence-corrected chi connectivity index (χ0v) is 7.77. The zero-order chi connectivity index (χ0) is 9.54. The molecule has 3 aliphatic rings. The zero-order valence-electron chi connectivity index (χ0n) is 7.77. The molecule has 0 aromatic heterocycles. The van der Waals surface area contributed by atoms with Gasteiger partial charge in [-0.05, 0) is 30.6 Å². The van der Waals surface area contributed by atoms with Crippen LogP contribution in [0.25, 0.3) is 0 Å². The van der Waals surface area contributed by atoms with Gasteiger partial charge in [-0.2, -0.15) is 0 Å². The summed E-state index contributed by atoms with van der Waals surface area (Å²) in [5.41, 5.74) is 1.18. The summed E-state index contributed by atoms with van der Waals surface area (Å²) in [5, 5.41) is 9.37. The molecule has 1 aliphatic heterocycles. The summed E-state index contributed by atoms with van der Waals surface area (Å²) in [5.74, 6) is 1.64. The predicted molar refractivity (Wildman–Crippen MR) is 50.4 cm³/mol. The van der Waals surface area contributed by atoms with Gasteiger partial charge in [-0.1, -0.05) is 6.08 Å². The lowest BCUT2D eigenvalue weighted by Crippen LogP contribution is -2.21. The van der Waals surface area contributed by atoms with E-state index in [0.717, 1.165) is 18.6 Å². The number of fused-ring (bicyclic) bond motifs is 2. The minimum atomic E-state index is 0.152. The lowest BCUT2D eigenvalue weighted by Gasteiger charge is -2.26. The number of aliphatic hydroxyl groups excluding tert-OH is 1. The van der Waals surface area contributed by atoms with Crippen molar-refractivity contribution in [2.24, 2.45) is 5.92 Å². The highest BCUT2D eigenvalue weighted by Gasteiger charge is 2.34. The van der Waals surface area contributed by atoms with Gasteiger partial charge in [0.05, 0.1) is 0 Å². The Kier molecular flexibility index (Phi) is 1.67. The quantitative estimate of drug-likeness (QED) is 0.638. The molecule has 2 unspecified atom stereocenters. The van der Waals surface area contributed by atoms with Crippen LogP contribution >= 0.6 is 0 Å². The standard InChI is InChI=1S/C11H12O3/c12-8-2-3-9-7(5-8)1-4-10-11(9)14-6-13-10/h2-3,5,7,10,12H,1,4,6H2. The number of hydrogen-bond donors (Lipinski definition) is 1. The van der Waals surface area contributed by atoms with Gasteiger partial charge in [-0.3, -0.25) is 0 Å². The van der Waals surface area contributed by atoms with E-state index in [1.807, 2.05) is 12.2 Å². The maximum absolute atomic E-state index is 9.37. The van der Waals surface area contributed by atoms with Crippen molar-refractivity contribution in [3.05, 3.63) is 35.3 Å². The predicted octanol–water partition coefficient (Wildman–Crippen LogP) is 2.04. The van der Waals surface area contributed by atoms with E-state index in [-0.39, 0.29) is 6.10 Å². The van der Waals surface area contributed by atoms with E-state index < -0.39 is 0 Å². The molecular formula is C11H12O3. The van der Waals surface area contributed by atoms with Crippen molar-refractivity contribution in [2.45, 2.75) is 18.9 Å². The molecule has 0 radical (unpaired) electrons. The normalized spacial score (nSPS) is 34.7.